The summed E-state index contributed by atoms with van der Waals surface area (Å²) >= 11 is 0. The average Bonchev–Trinajstić information content (AvgIpc) is 1.96. The van der Waals surface area contributed by atoms with Gasteiger partial charge in [0.2, 0.25) is 0 Å². The Morgan fingerprint density at radius 2 is 1.79 bits per heavy atom. The van der Waals surface area contributed by atoms with Gasteiger partial charge in [0, 0.05) is 14.0 Å². The van der Waals surface area contributed by atoms with E-state index in [0.717, 1.165) is 12.5 Å². The second kappa shape index (κ2) is 5.71. The topological polar surface area (TPSA) is 20.2 Å². The Bertz CT molecular complexity index is 170. The number of rotatable bonds is 6. The average molecular weight is 214 g/mol. The van der Waals surface area contributed by atoms with Gasteiger partial charge in [0.25, 0.3) is 0 Å². The third-order valence-electron chi connectivity index (χ3n) is 2.36. The van der Waals surface area contributed by atoms with E-state index in [-0.39, 0.29) is 6.10 Å². The van der Waals surface area contributed by atoms with Gasteiger partial charge in [-0.1, -0.05) is 39.6 Å². The lowest BCUT2D eigenvalue weighted by atomic mass is 9.96. The molecular weight excluding hydrogens is 188 g/mol. The highest BCUT2D eigenvalue weighted by atomic mass is 28.3. The lowest BCUT2D eigenvalue weighted by Gasteiger charge is -2.27. The molecule has 0 saturated carbocycles. The summed E-state index contributed by atoms with van der Waals surface area (Å²) in [6.07, 6.45) is 2.63. The van der Waals surface area contributed by atoms with Crippen LogP contribution in [0.3, 0.4) is 0 Å². The van der Waals surface area contributed by atoms with Gasteiger partial charge in [-0.3, -0.25) is 0 Å². The first-order valence-corrected chi connectivity index (χ1v) is 9.27. The summed E-state index contributed by atoms with van der Waals surface area (Å²) in [6.45, 7) is 15.2. The third-order valence-corrected chi connectivity index (χ3v) is 4.05. The first-order chi connectivity index (χ1) is 6.26. The number of aliphatic hydroxyl groups is 1. The van der Waals surface area contributed by atoms with E-state index in [0.29, 0.717) is 11.8 Å². The van der Waals surface area contributed by atoms with Gasteiger partial charge in [-0.15, -0.1) is 6.58 Å². The van der Waals surface area contributed by atoms with Crippen LogP contribution in [-0.2, 0) is 0 Å². The minimum absolute atomic E-state index is 0.195. The fraction of sp³-hybridized carbons (Fsp3) is 0.833. The molecule has 0 aromatic rings. The van der Waals surface area contributed by atoms with E-state index in [1.165, 1.54) is 0 Å². The molecule has 0 amide bonds. The van der Waals surface area contributed by atoms with Crippen LogP contribution in [0.15, 0.2) is 12.7 Å². The molecule has 0 aromatic heterocycles. The molecule has 0 heterocycles. The number of hydrogen-bond donors (Lipinski definition) is 1. The maximum atomic E-state index is 9.99. The van der Waals surface area contributed by atoms with Gasteiger partial charge in [0.1, 0.15) is 0 Å². The van der Waals surface area contributed by atoms with Crippen molar-refractivity contribution in [3.63, 3.8) is 0 Å². The van der Waals surface area contributed by atoms with Crippen molar-refractivity contribution in [1.29, 1.82) is 0 Å². The zero-order valence-electron chi connectivity index (χ0n) is 10.4. The Hall–Kier alpha value is -0.0831. The first-order valence-electron chi connectivity index (χ1n) is 5.57. The SMILES string of the molecule is C=CC(C[Si](C)(C)C)C(O)CC(C)C. The summed E-state index contributed by atoms with van der Waals surface area (Å²) in [5.41, 5.74) is 0. The van der Waals surface area contributed by atoms with Crippen molar-refractivity contribution < 1.29 is 5.11 Å². The van der Waals surface area contributed by atoms with E-state index in [4.69, 9.17) is 0 Å². The second-order valence-corrected chi connectivity index (χ2v) is 11.4. The van der Waals surface area contributed by atoms with E-state index in [9.17, 15) is 5.11 Å². The molecule has 84 valence electrons. The Morgan fingerprint density at radius 3 is 2.07 bits per heavy atom. The highest BCUT2D eigenvalue weighted by Gasteiger charge is 2.24. The molecule has 0 bridgehead atoms. The van der Waals surface area contributed by atoms with Crippen LogP contribution >= 0.6 is 0 Å². The van der Waals surface area contributed by atoms with Gasteiger partial charge in [-0.2, -0.15) is 0 Å². The van der Waals surface area contributed by atoms with Crippen molar-refractivity contribution in [2.75, 3.05) is 0 Å². The zero-order chi connectivity index (χ0) is 11.4. The van der Waals surface area contributed by atoms with E-state index in [1.807, 2.05) is 6.08 Å². The van der Waals surface area contributed by atoms with Crippen LogP contribution in [0.5, 0.6) is 0 Å². The monoisotopic (exact) mass is 214 g/mol. The van der Waals surface area contributed by atoms with Gasteiger partial charge in [-0.05, 0) is 18.4 Å². The quantitative estimate of drug-likeness (QED) is 0.530. The molecule has 2 heteroatoms. The summed E-state index contributed by atoms with van der Waals surface area (Å²) in [6, 6.07) is 1.14. The number of aliphatic hydroxyl groups excluding tert-OH is 1. The lowest BCUT2D eigenvalue weighted by molar-refractivity contribution is 0.114. The summed E-state index contributed by atoms with van der Waals surface area (Å²) in [5, 5.41) is 9.99. The van der Waals surface area contributed by atoms with E-state index >= 15 is 0 Å². The lowest BCUT2D eigenvalue weighted by Crippen LogP contribution is -2.30. The molecule has 1 nitrogen and oxygen atoms in total. The molecular formula is C12H26OSi. The van der Waals surface area contributed by atoms with E-state index in [1.54, 1.807) is 0 Å². The van der Waals surface area contributed by atoms with Gasteiger partial charge in [0.05, 0.1) is 6.10 Å². The Kier molecular flexibility index (Phi) is 5.68. The van der Waals surface area contributed by atoms with Gasteiger partial charge in [0.15, 0.2) is 0 Å². The van der Waals surface area contributed by atoms with Crippen LogP contribution in [0.1, 0.15) is 20.3 Å². The van der Waals surface area contributed by atoms with Crippen LogP contribution in [0.2, 0.25) is 25.7 Å². The summed E-state index contributed by atoms with van der Waals surface area (Å²) in [5.74, 6) is 0.859. The Labute approximate surface area is 90.2 Å². The van der Waals surface area contributed by atoms with Crippen LogP contribution in [0, 0.1) is 11.8 Å². The molecule has 0 saturated heterocycles. The van der Waals surface area contributed by atoms with Crippen LogP contribution < -0.4 is 0 Å². The van der Waals surface area contributed by atoms with E-state index in [2.05, 4.69) is 40.1 Å². The molecule has 2 unspecified atom stereocenters. The molecule has 0 aliphatic rings. The van der Waals surface area contributed by atoms with Gasteiger partial charge < -0.3 is 5.11 Å². The molecule has 14 heavy (non-hydrogen) atoms. The van der Waals surface area contributed by atoms with Crippen molar-refractivity contribution in [3.05, 3.63) is 12.7 Å². The molecule has 2 atom stereocenters. The fourth-order valence-corrected chi connectivity index (χ4v) is 3.59. The summed E-state index contributed by atoms with van der Waals surface area (Å²) in [7, 11) is -1.09. The number of hydrogen-bond acceptors (Lipinski definition) is 1. The minimum atomic E-state index is -1.09. The standard InChI is InChI=1S/C12H26OSi/c1-7-11(9-14(4,5)6)12(13)8-10(2)3/h7,10-13H,1,8-9H2,2-6H3. The molecule has 0 aromatic carbocycles. The smallest absolute Gasteiger partial charge is 0.0602 e. The van der Waals surface area contributed by atoms with Gasteiger partial charge in [-0.25, -0.2) is 0 Å². The van der Waals surface area contributed by atoms with Gasteiger partial charge >= 0.3 is 0 Å². The predicted octanol–water partition coefficient (Wildman–Crippen LogP) is 3.53. The molecule has 0 aliphatic carbocycles. The maximum absolute atomic E-state index is 9.99. The Balaban J connectivity index is 4.19. The molecule has 0 fully saturated rings. The highest BCUT2D eigenvalue weighted by Crippen LogP contribution is 2.24. The summed E-state index contributed by atoms with van der Waals surface area (Å²) < 4.78 is 0. The zero-order valence-corrected chi connectivity index (χ0v) is 11.4. The third kappa shape index (κ3) is 6.38. The van der Waals surface area contributed by atoms with Crippen molar-refractivity contribution in [2.45, 2.75) is 52.1 Å². The van der Waals surface area contributed by atoms with Crippen molar-refractivity contribution in [1.82, 2.24) is 0 Å². The van der Waals surface area contributed by atoms with Crippen molar-refractivity contribution >= 4 is 8.07 Å². The first kappa shape index (κ1) is 13.9. The molecule has 0 rings (SSSR count). The molecule has 0 radical (unpaired) electrons. The second-order valence-electron chi connectivity index (χ2n) is 5.86. The van der Waals surface area contributed by atoms with Crippen LogP contribution in [-0.4, -0.2) is 19.3 Å². The normalized spacial score (nSPS) is 16.8. The Morgan fingerprint density at radius 1 is 1.29 bits per heavy atom. The largest absolute Gasteiger partial charge is 0.393 e. The maximum Gasteiger partial charge on any atom is 0.0602 e. The molecule has 0 spiro atoms. The predicted molar refractivity (Wildman–Crippen MR) is 67.3 cm³/mol. The summed E-state index contributed by atoms with van der Waals surface area (Å²) in [4.78, 5) is 0. The van der Waals surface area contributed by atoms with Crippen molar-refractivity contribution in [3.8, 4) is 0 Å². The van der Waals surface area contributed by atoms with E-state index < -0.39 is 8.07 Å². The highest BCUT2D eigenvalue weighted by molar-refractivity contribution is 6.76. The molecule has 0 aliphatic heterocycles. The van der Waals surface area contributed by atoms with Crippen LogP contribution in [0.4, 0.5) is 0 Å². The van der Waals surface area contributed by atoms with Crippen LogP contribution in [0.25, 0.3) is 0 Å². The fourth-order valence-electron chi connectivity index (χ4n) is 1.74. The minimum Gasteiger partial charge on any atom is -0.393 e. The molecule has 1 N–H and O–H groups in total. The van der Waals surface area contributed by atoms with Crippen molar-refractivity contribution in [2.24, 2.45) is 11.8 Å².